The maximum Gasteiger partial charge on any atom is 0.251 e. The van der Waals surface area contributed by atoms with Gasteiger partial charge in [0.2, 0.25) is 0 Å². The number of nitrogens with zero attached hydrogens (tertiary/aromatic N) is 2. The standard InChI is InChI=1S/C14H10FN3O/c15-12-3-1-10(2-4-12)9-18-14(19)11-5-6-17-13(7-11)8-16/h1-7H,9H2,(H,18,19). The molecule has 5 heteroatoms. The fourth-order valence-corrected chi connectivity index (χ4v) is 1.52. The van der Waals surface area contributed by atoms with E-state index in [1.54, 1.807) is 12.1 Å². The highest BCUT2D eigenvalue weighted by molar-refractivity contribution is 5.94. The van der Waals surface area contributed by atoms with Crippen molar-refractivity contribution in [1.82, 2.24) is 10.3 Å². The number of hydrogen-bond acceptors (Lipinski definition) is 3. The van der Waals surface area contributed by atoms with Gasteiger partial charge in [0, 0.05) is 18.3 Å². The van der Waals surface area contributed by atoms with Gasteiger partial charge < -0.3 is 5.32 Å². The van der Waals surface area contributed by atoms with Crippen LogP contribution in [0, 0.1) is 17.1 Å². The maximum absolute atomic E-state index is 12.7. The van der Waals surface area contributed by atoms with E-state index in [1.165, 1.54) is 30.5 Å². The lowest BCUT2D eigenvalue weighted by Gasteiger charge is -2.05. The summed E-state index contributed by atoms with van der Waals surface area (Å²) in [5.41, 5.74) is 1.35. The second-order valence-corrected chi connectivity index (χ2v) is 3.85. The molecule has 1 aromatic heterocycles. The van der Waals surface area contributed by atoms with E-state index in [0.29, 0.717) is 12.1 Å². The van der Waals surface area contributed by atoms with Crippen LogP contribution in [0.25, 0.3) is 0 Å². The van der Waals surface area contributed by atoms with Gasteiger partial charge in [0.25, 0.3) is 5.91 Å². The molecule has 0 unspecified atom stereocenters. The number of amides is 1. The van der Waals surface area contributed by atoms with Crippen LogP contribution in [0.2, 0.25) is 0 Å². The van der Waals surface area contributed by atoms with Crippen molar-refractivity contribution in [2.75, 3.05) is 0 Å². The fraction of sp³-hybridized carbons (Fsp3) is 0.0714. The van der Waals surface area contributed by atoms with Crippen LogP contribution in [-0.4, -0.2) is 10.9 Å². The second kappa shape index (κ2) is 5.74. The number of benzene rings is 1. The molecule has 2 aromatic rings. The third-order valence-corrected chi connectivity index (χ3v) is 2.50. The minimum absolute atomic E-state index is 0.189. The normalized spacial score (nSPS) is 9.68. The van der Waals surface area contributed by atoms with Crippen molar-refractivity contribution in [2.45, 2.75) is 6.54 Å². The summed E-state index contributed by atoms with van der Waals surface area (Å²) in [5.74, 6) is -0.619. The summed E-state index contributed by atoms with van der Waals surface area (Å²) in [7, 11) is 0. The van der Waals surface area contributed by atoms with E-state index < -0.39 is 0 Å². The molecule has 1 aromatic carbocycles. The number of rotatable bonds is 3. The summed E-state index contributed by atoms with van der Waals surface area (Å²) < 4.78 is 12.7. The predicted octanol–water partition coefficient (Wildman–Crippen LogP) is 2.02. The van der Waals surface area contributed by atoms with Gasteiger partial charge in [-0.15, -0.1) is 0 Å². The van der Waals surface area contributed by atoms with Gasteiger partial charge in [-0.05, 0) is 29.8 Å². The summed E-state index contributed by atoms with van der Waals surface area (Å²) in [6, 6.07) is 10.7. The van der Waals surface area contributed by atoms with Crippen molar-refractivity contribution < 1.29 is 9.18 Å². The van der Waals surface area contributed by atoms with Gasteiger partial charge in [-0.1, -0.05) is 12.1 Å². The van der Waals surface area contributed by atoms with Gasteiger partial charge >= 0.3 is 0 Å². The van der Waals surface area contributed by atoms with Crippen LogP contribution in [0.4, 0.5) is 4.39 Å². The predicted molar refractivity (Wildman–Crippen MR) is 66.5 cm³/mol. The number of hydrogen-bond donors (Lipinski definition) is 1. The molecule has 1 amide bonds. The maximum atomic E-state index is 12.7. The molecule has 94 valence electrons. The summed E-state index contributed by atoms with van der Waals surface area (Å²) in [6.45, 7) is 0.295. The first kappa shape index (κ1) is 12.7. The minimum Gasteiger partial charge on any atom is -0.348 e. The van der Waals surface area contributed by atoms with E-state index in [4.69, 9.17) is 5.26 Å². The lowest BCUT2D eigenvalue weighted by atomic mass is 10.2. The Kier molecular flexibility index (Phi) is 3.84. The molecule has 0 atom stereocenters. The van der Waals surface area contributed by atoms with E-state index in [9.17, 15) is 9.18 Å². The molecule has 19 heavy (non-hydrogen) atoms. The quantitative estimate of drug-likeness (QED) is 0.912. The lowest BCUT2D eigenvalue weighted by Crippen LogP contribution is -2.22. The van der Waals surface area contributed by atoms with Crippen LogP contribution < -0.4 is 5.32 Å². The monoisotopic (exact) mass is 255 g/mol. The Morgan fingerprint density at radius 3 is 2.74 bits per heavy atom. The SMILES string of the molecule is N#Cc1cc(C(=O)NCc2ccc(F)cc2)ccn1. The first-order valence-electron chi connectivity index (χ1n) is 5.58. The van der Waals surface area contributed by atoms with Crippen LogP contribution in [0.15, 0.2) is 42.6 Å². The highest BCUT2D eigenvalue weighted by atomic mass is 19.1. The summed E-state index contributed by atoms with van der Waals surface area (Å²) in [5, 5.41) is 11.4. The van der Waals surface area contributed by atoms with E-state index in [-0.39, 0.29) is 17.4 Å². The van der Waals surface area contributed by atoms with Gasteiger partial charge in [-0.25, -0.2) is 9.37 Å². The summed E-state index contributed by atoms with van der Waals surface area (Å²) >= 11 is 0. The van der Waals surface area contributed by atoms with Crippen LogP contribution in [0.1, 0.15) is 21.6 Å². The van der Waals surface area contributed by atoms with E-state index in [2.05, 4.69) is 10.3 Å². The van der Waals surface area contributed by atoms with Crippen LogP contribution >= 0.6 is 0 Å². The highest BCUT2D eigenvalue weighted by Gasteiger charge is 2.06. The molecule has 0 saturated heterocycles. The Hall–Kier alpha value is -2.74. The highest BCUT2D eigenvalue weighted by Crippen LogP contribution is 2.04. The molecular formula is C14H10FN3O. The number of aromatic nitrogens is 1. The number of nitrogens with one attached hydrogen (secondary N) is 1. The van der Waals surface area contributed by atoms with Crippen molar-refractivity contribution in [1.29, 1.82) is 5.26 Å². The molecule has 1 N–H and O–H groups in total. The molecule has 0 spiro atoms. The van der Waals surface area contributed by atoms with Crippen molar-refractivity contribution in [3.63, 3.8) is 0 Å². The van der Waals surface area contributed by atoms with E-state index in [0.717, 1.165) is 5.56 Å². The van der Waals surface area contributed by atoms with Gasteiger partial charge in [0.05, 0.1) is 0 Å². The van der Waals surface area contributed by atoms with Crippen LogP contribution in [0.3, 0.4) is 0 Å². The average molecular weight is 255 g/mol. The topological polar surface area (TPSA) is 65.8 Å². The first-order chi connectivity index (χ1) is 9.19. The van der Waals surface area contributed by atoms with Crippen LogP contribution in [-0.2, 0) is 6.54 Å². The number of halogens is 1. The summed E-state index contributed by atoms with van der Waals surface area (Å²) in [4.78, 5) is 15.6. The average Bonchev–Trinajstić information content (AvgIpc) is 2.46. The van der Waals surface area contributed by atoms with E-state index in [1.807, 2.05) is 6.07 Å². The van der Waals surface area contributed by atoms with Crippen molar-refractivity contribution in [3.8, 4) is 6.07 Å². The van der Waals surface area contributed by atoms with Crippen molar-refractivity contribution >= 4 is 5.91 Å². The molecule has 0 saturated carbocycles. The van der Waals surface area contributed by atoms with E-state index >= 15 is 0 Å². The van der Waals surface area contributed by atoms with Gasteiger partial charge in [0.15, 0.2) is 0 Å². The second-order valence-electron chi connectivity index (χ2n) is 3.85. The smallest absolute Gasteiger partial charge is 0.251 e. The lowest BCUT2D eigenvalue weighted by molar-refractivity contribution is 0.0951. The first-order valence-corrected chi connectivity index (χ1v) is 5.58. The third kappa shape index (κ3) is 3.36. The molecular weight excluding hydrogens is 245 g/mol. The largest absolute Gasteiger partial charge is 0.348 e. The Morgan fingerprint density at radius 1 is 1.32 bits per heavy atom. The zero-order valence-corrected chi connectivity index (χ0v) is 9.93. The number of carbonyl (C=O) groups excluding carboxylic acids is 1. The van der Waals surface area contributed by atoms with Gasteiger partial charge in [-0.3, -0.25) is 4.79 Å². The van der Waals surface area contributed by atoms with Gasteiger partial charge in [-0.2, -0.15) is 5.26 Å². The number of nitriles is 1. The zero-order chi connectivity index (χ0) is 13.7. The molecule has 0 radical (unpaired) electrons. The number of carbonyl (C=O) groups is 1. The Labute approximate surface area is 109 Å². The molecule has 0 fully saturated rings. The molecule has 0 aliphatic carbocycles. The van der Waals surface area contributed by atoms with Crippen molar-refractivity contribution in [3.05, 3.63) is 65.2 Å². The van der Waals surface area contributed by atoms with Crippen molar-refractivity contribution in [2.24, 2.45) is 0 Å². The Balaban J connectivity index is 2.01. The zero-order valence-electron chi connectivity index (χ0n) is 9.93. The Morgan fingerprint density at radius 2 is 2.05 bits per heavy atom. The number of pyridine rings is 1. The third-order valence-electron chi connectivity index (χ3n) is 2.50. The molecule has 2 rings (SSSR count). The molecule has 0 aliphatic heterocycles. The molecule has 0 bridgehead atoms. The van der Waals surface area contributed by atoms with Crippen LogP contribution in [0.5, 0.6) is 0 Å². The minimum atomic E-state index is -0.317. The molecule has 1 heterocycles. The molecule has 0 aliphatic rings. The fourth-order valence-electron chi connectivity index (χ4n) is 1.52. The van der Waals surface area contributed by atoms with Gasteiger partial charge in [0.1, 0.15) is 17.6 Å². The molecule has 4 nitrogen and oxygen atoms in total. The Bertz CT molecular complexity index is 632. The summed E-state index contributed by atoms with van der Waals surface area (Å²) in [6.07, 6.45) is 1.41.